The second-order valence-corrected chi connectivity index (χ2v) is 12.6. The Bertz CT molecular complexity index is 877. The van der Waals surface area contributed by atoms with Crippen LogP contribution in [0.4, 0.5) is 0 Å². The Morgan fingerprint density at radius 3 is 1.53 bits per heavy atom. The van der Waals surface area contributed by atoms with E-state index in [0.29, 0.717) is 11.5 Å². The molecule has 6 rings (SSSR count). The van der Waals surface area contributed by atoms with Crippen LogP contribution in [-0.4, -0.2) is 9.79 Å². The SMILES string of the molecule is Cc1cc2c(C(C)(C)C)cc1Sc1cc(C(C)(C)C)c(cc1C)OP(OP(O)O)O2. The Labute approximate surface area is 186 Å². The van der Waals surface area contributed by atoms with Crippen LogP contribution in [0.25, 0.3) is 0 Å². The van der Waals surface area contributed by atoms with Crippen molar-refractivity contribution >= 4 is 29.0 Å². The van der Waals surface area contributed by atoms with Crippen LogP contribution in [0.1, 0.15) is 63.8 Å². The Morgan fingerprint density at radius 1 is 0.800 bits per heavy atom. The molecule has 0 saturated carbocycles. The molecule has 2 aromatic carbocycles. The minimum absolute atomic E-state index is 0.180. The Kier molecular flexibility index (Phi) is 6.80. The summed E-state index contributed by atoms with van der Waals surface area (Å²) in [6, 6.07) is 8.29. The predicted molar refractivity (Wildman–Crippen MR) is 124 cm³/mol. The van der Waals surface area contributed by atoms with E-state index < -0.39 is 17.2 Å². The largest absolute Gasteiger partial charge is 0.470 e. The summed E-state index contributed by atoms with van der Waals surface area (Å²) in [5, 5.41) is 0. The summed E-state index contributed by atoms with van der Waals surface area (Å²) in [6.45, 7) is 16.8. The van der Waals surface area contributed by atoms with Crippen molar-refractivity contribution in [2.75, 3.05) is 0 Å². The van der Waals surface area contributed by atoms with E-state index in [1.807, 2.05) is 12.1 Å². The molecule has 8 heteroatoms. The van der Waals surface area contributed by atoms with Crippen molar-refractivity contribution in [3.05, 3.63) is 46.5 Å². The highest BCUT2D eigenvalue weighted by Gasteiger charge is 2.31. The second kappa shape index (κ2) is 8.58. The molecule has 0 aliphatic carbocycles. The molecule has 0 unspecified atom stereocenters. The highest BCUT2D eigenvalue weighted by atomic mass is 32.2. The smallest absolute Gasteiger partial charge is 0.417 e. The average Bonchev–Trinajstić information content (AvgIpc) is 2.54. The molecule has 4 heterocycles. The topological polar surface area (TPSA) is 68.2 Å². The minimum Gasteiger partial charge on any atom is -0.417 e. The number of benzene rings is 2. The van der Waals surface area contributed by atoms with Crippen LogP contribution in [0.3, 0.4) is 0 Å². The van der Waals surface area contributed by atoms with Crippen molar-refractivity contribution in [1.29, 1.82) is 0 Å². The number of hydrogen-bond donors (Lipinski definition) is 2. The number of aryl methyl sites for hydroxylation is 2. The zero-order valence-electron chi connectivity index (χ0n) is 18.7. The van der Waals surface area contributed by atoms with E-state index in [4.69, 9.17) is 13.4 Å². The summed E-state index contributed by atoms with van der Waals surface area (Å²) < 4.78 is 17.6. The molecular weight excluding hydrogens is 438 g/mol. The second-order valence-electron chi connectivity index (χ2n) is 9.57. The van der Waals surface area contributed by atoms with Crippen LogP contribution in [0.2, 0.25) is 0 Å². The fraction of sp³-hybridized carbons (Fsp3) is 0.455. The van der Waals surface area contributed by atoms with E-state index in [-0.39, 0.29) is 10.8 Å². The van der Waals surface area contributed by atoms with Gasteiger partial charge in [-0.15, -0.1) is 0 Å². The van der Waals surface area contributed by atoms with Crippen molar-refractivity contribution in [2.45, 2.75) is 76.0 Å². The van der Waals surface area contributed by atoms with Gasteiger partial charge in [-0.25, -0.2) is 4.31 Å². The zero-order chi connectivity index (χ0) is 22.4. The van der Waals surface area contributed by atoms with E-state index in [1.54, 1.807) is 11.8 Å². The van der Waals surface area contributed by atoms with Crippen LogP contribution in [0.15, 0.2) is 34.1 Å². The molecule has 0 spiro atoms. The zero-order valence-corrected chi connectivity index (χ0v) is 21.3. The van der Waals surface area contributed by atoms with Crippen molar-refractivity contribution in [2.24, 2.45) is 0 Å². The van der Waals surface area contributed by atoms with E-state index in [1.165, 1.54) is 9.79 Å². The van der Waals surface area contributed by atoms with Crippen LogP contribution in [0, 0.1) is 13.8 Å². The standard InChI is InChI=1S/C22H30O5P2S/c1-13-9-17-15(21(3,4)5)11-19(13)30-20-12-16(22(6,7)8)18(10-14(20)2)26-29(25-17)27-28(23)24/h9-12,23-24H,1-8H3. The van der Waals surface area contributed by atoms with E-state index in [9.17, 15) is 9.79 Å². The molecule has 2 N–H and O–H groups in total. The van der Waals surface area contributed by atoms with Gasteiger partial charge in [0.25, 0.3) is 0 Å². The number of rotatable bonds is 2. The van der Waals surface area contributed by atoms with Crippen molar-refractivity contribution in [3.63, 3.8) is 0 Å². The Morgan fingerprint density at radius 2 is 1.20 bits per heavy atom. The summed E-state index contributed by atoms with van der Waals surface area (Å²) in [4.78, 5) is 21.4. The van der Waals surface area contributed by atoms with Crippen molar-refractivity contribution in [1.82, 2.24) is 0 Å². The maximum Gasteiger partial charge on any atom is 0.470 e. The first-order valence-electron chi connectivity index (χ1n) is 9.76. The quantitative estimate of drug-likeness (QED) is 0.452. The third-order valence-electron chi connectivity index (χ3n) is 4.88. The normalized spacial score (nSPS) is 15.0. The fourth-order valence-corrected chi connectivity index (χ4v) is 5.69. The van der Waals surface area contributed by atoms with Crippen LogP contribution in [-0.2, 0) is 15.1 Å². The lowest BCUT2D eigenvalue weighted by Gasteiger charge is -2.29. The monoisotopic (exact) mass is 468 g/mol. The maximum atomic E-state index is 9.55. The molecule has 0 radical (unpaired) electrons. The molecule has 0 amide bonds. The Balaban J connectivity index is 2.28. The highest BCUT2D eigenvalue weighted by molar-refractivity contribution is 7.99. The molecule has 4 bridgehead atoms. The van der Waals surface area contributed by atoms with Crippen LogP contribution >= 0.6 is 29.0 Å². The van der Waals surface area contributed by atoms with Gasteiger partial charge in [0.05, 0.1) is 0 Å². The van der Waals surface area contributed by atoms with E-state index >= 15 is 0 Å². The summed E-state index contributed by atoms with van der Waals surface area (Å²) in [5.41, 5.74) is 3.82. The predicted octanol–water partition coefficient (Wildman–Crippen LogP) is 7.28. The lowest BCUT2D eigenvalue weighted by molar-refractivity contribution is 0.328. The third kappa shape index (κ3) is 5.30. The lowest BCUT2D eigenvalue weighted by Crippen LogP contribution is -2.16. The summed E-state index contributed by atoms with van der Waals surface area (Å²) >= 11 is 1.75. The van der Waals surface area contributed by atoms with Gasteiger partial charge < -0.3 is 18.8 Å². The fourth-order valence-electron chi connectivity index (χ4n) is 3.26. The van der Waals surface area contributed by atoms with Gasteiger partial charge in [0, 0.05) is 20.9 Å². The summed E-state index contributed by atoms with van der Waals surface area (Å²) in [5.74, 6) is 1.27. The molecule has 30 heavy (non-hydrogen) atoms. The lowest BCUT2D eigenvalue weighted by atomic mass is 9.86. The van der Waals surface area contributed by atoms with Crippen molar-refractivity contribution < 1.29 is 23.1 Å². The molecule has 4 aliphatic rings. The molecule has 0 saturated heterocycles. The molecule has 164 valence electrons. The average molecular weight is 468 g/mol. The molecule has 0 aromatic heterocycles. The van der Waals surface area contributed by atoms with Gasteiger partial charge in [0.1, 0.15) is 11.5 Å². The third-order valence-corrected chi connectivity index (χ3v) is 8.00. The van der Waals surface area contributed by atoms with Gasteiger partial charge in [0.15, 0.2) is 0 Å². The first kappa shape index (κ1) is 23.8. The minimum atomic E-state index is -2.64. The van der Waals surface area contributed by atoms with Gasteiger partial charge >= 0.3 is 17.2 Å². The molecule has 0 fully saturated rings. The first-order chi connectivity index (χ1) is 13.8. The van der Waals surface area contributed by atoms with Crippen LogP contribution in [0.5, 0.6) is 11.5 Å². The van der Waals surface area contributed by atoms with E-state index in [0.717, 1.165) is 22.3 Å². The van der Waals surface area contributed by atoms with Gasteiger partial charge in [0.2, 0.25) is 0 Å². The first-order valence-corrected chi connectivity index (χ1v) is 12.8. The van der Waals surface area contributed by atoms with Gasteiger partial charge in [-0.1, -0.05) is 53.3 Å². The van der Waals surface area contributed by atoms with Gasteiger partial charge in [-0.3, -0.25) is 0 Å². The van der Waals surface area contributed by atoms with Gasteiger partial charge in [-0.2, -0.15) is 0 Å². The summed E-state index contributed by atoms with van der Waals surface area (Å²) in [6.07, 6.45) is 0. The summed E-state index contributed by atoms with van der Waals surface area (Å²) in [7, 11) is -4.72. The molecule has 4 aliphatic heterocycles. The highest BCUT2D eigenvalue weighted by Crippen LogP contribution is 2.55. The van der Waals surface area contributed by atoms with Crippen LogP contribution < -0.4 is 9.05 Å². The Hall–Kier alpha value is -0.870. The number of hydrogen-bond acceptors (Lipinski definition) is 6. The molecule has 2 aromatic rings. The van der Waals surface area contributed by atoms with Gasteiger partial charge in [-0.05, 0) is 60.1 Å². The maximum absolute atomic E-state index is 9.55. The molecule has 5 nitrogen and oxygen atoms in total. The molecular formula is C22H30O5P2S. The van der Waals surface area contributed by atoms with E-state index in [2.05, 4.69) is 67.5 Å². The van der Waals surface area contributed by atoms with Crippen molar-refractivity contribution in [3.8, 4) is 11.5 Å². The molecule has 0 atom stereocenters.